The number of ether oxygens (including phenoxy) is 1. The summed E-state index contributed by atoms with van der Waals surface area (Å²) in [7, 11) is 0. The van der Waals surface area contributed by atoms with Crippen molar-refractivity contribution in [1.29, 1.82) is 0 Å². The van der Waals surface area contributed by atoms with Crippen LogP contribution in [0.15, 0.2) is 34.9 Å². The number of carbonyl (C=O) groups excluding carboxylic acids is 1. The molecule has 0 amide bonds. The van der Waals surface area contributed by atoms with Crippen LogP contribution in [0.25, 0.3) is 15.9 Å². The number of alkyl halides is 3. The Morgan fingerprint density at radius 3 is 2.65 bits per heavy atom. The molecule has 4 aromatic rings. The number of hydrogen-bond acceptors (Lipinski definition) is 8. The average Bonchev–Trinajstić information content (AvgIpc) is 3.22. The van der Waals surface area contributed by atoms with Crippen molar-refractivity contribution >= 4 is 33.0 Å². The number of halogens is 3. The predicted molar refractivity (Wildman–Crippen MR) is 113 cm³/mol. The van der Waals surface area contributed by atoms with Gasteiger partial charge >= 0.3 is 12.1 Å². The van der Waals surface area contributed by atoms with E-state index in [2.05, 4.69) is 14.5 Å². The number of nitrogens with two attached hydrogens (primary N) is 1. The maximum Gasteiger partial charge on any atom is 0.573 e. The van der Waals surface area contributed by atoms with Gasteiger partial charge in [0.25, 0.3) is 5.78 Å². The Morgan fingerprint density at radius 2 is 1.91 bits per heavy atom. The molecule has 2 N–H and O–H groups in total. The molecule has 0 radical (unpaired) electrons. The first kappa shape index (κ1) is 22.1. The maximum absolute atomic E-state index is 13.4. The van der Waals surface area contributed by atoms with Gasteiger partial charge in [-0.05, 0) is 54.1 Å². The second-order valence-corrected chi connectivity index (χ2v) is 8.84. The van der Waals surface area contributed by atoms with Crippen LogP contribution in [-0.4, -0.2) is 22.4 Å². The fraction of sp³-hybridized carbons (Fsp3) is 0.273. The molecule has 0 bridgehead atoms. The van der Waals surface area contributed by atoms with Gasteiger partial charge in [-0.3, -0.25) is 4.79 Å². The number of pyridine rings is 1. The molecule has 12 heteroatoms. The predicted octanol–water partition coefficient (Wildman–Crippen LogP) is 3.62. The van der Waals surface area contributed by atoms with Crippen LogP contribution < -0.4 is 20.3 Å². The minimum absolute atomic E-state index is 0.119. The summed E-state index contributed by atoms with van der Waals surface area (Å²) in [5.74, 6) is -2.17. The van der Waals surface area contributed by atoms with Gasteiger partial charge in [-0.15, -0.1) is 24.5 Å². The highest BCUT2D eigenvalue weighted by molar-refractivity contribution is 7.21. The van der Waals surface area contributed by atoms with Gasteiger partial charge in [0.2, 0.25) is 5.69 Å². The summed E-state index contributed by atoms with van der Waals surface area (Å²) >= 11 is 1.08. The number of fused-ring (bicyclic) bond motifs is 2. The van der Waals surface area contributed by atoms with Crippen molar-refractivity contribution in [3.8, 4) is 17.4 Å². The zero-order chi connectivity index (χ0) is 24.0. The highest BCUT2D eigenvalue weighted by atomic mass is 32.1. The summed E-state index contributed by atoms with van der Waals surface area (Å²) in [5, 5.41) is 16.6. The van der Waals surface area contributed by atoms with Crippen LogP contribution in [0.2, 0.25) is 0 Å². The van der Waals surface area contributed by atoms with Gasteiger partial charge in [0.1, 0.15) is 15.5 Å². The molecule has 0 fully saturated rings. The number of hydrogen-bond donors (Lipinski definition) is 1. The molecule has 0 atom stereocenters. The van der Waals surface area contributed by atoms with Crippen LogP contribution in [-0.2, 0) is 12.8 Å². The standard InChI is InChI=1S/C22H17F3N4O4S/c23-22(24,25)32-13-8-6-12(7-9-13)29-17(21(31)33-28-29)18(30)19-16(26)14-10-11-4-2-1-3-5-15(11)27-20(14)34-19/h6-10H,1-5H2,(H2-,26,28,30,31). The Kier molecular flexibility index (Phi) is 5.39. The number of thiophene rings is 1. The molecule has 0 saturated carbocycles. The number of aromatic nitrogens is 3. The first-order valence-electron chi connectivity index (χ1n) is 10.4. The van der Waals surface area contributed by atoms with E-state index in [1.165, 1.54) is 12.1 Å². The lowest BCUT2D eigenvalue weighted by molar-refractivity contribution is -0.672. The van der Waals surface area contributed by atoms with Gasteiger partial charge in [-0.1, -0.05) is 6.42 Å². The second kappa shape index (κ2) is 8.28. The van der Waals surface area contributed by atoms with E-state index in [-0.39, 0.29) is 16.3 Å². The van der Waals surface area contributed by atoms with Gasteiger partial charge in [-0.2, -0.15) is 0 Å². The topological polar surface area (TPSA) is 118 Å². The molecule has 1 aliphatic carbocycles. The monoisotopic (exact) mass is 490 g/mol. The lowest BCUT2D eigenvalue weighted by atomic mass is 10.1. The van der Waals surface area contributed by atoms with Gasteiger partial charge in [0.05, 0.1) is 11.0 Å². The third-order valence-electron chi connectivity index (χ3n) is 5.60. The zero-order valence-corrected chi connectivity index (χ0v) is 18.3. The number of carbonyl (C=O) groups is 1. The fourth-order valence-corrected chi connectivity index (χ4v) is 5.05. The van der Waals surface area contributed by atoms with E-state index in [0.29, 0.717) is 10.2 Å². The van der Waals surface area contributed by atoms with E-state index in [0.717, 1.165) is 71.5 Å². The molecule has 1 aromatic carbocycles. The highest BCUT2D eigenvalue weighted by Crippen LogP contribution is 2.37. The highest BCUT2D eigenvalue weighted by Gasteiger charge is 2.34. The van der Waals surface area contributed by atoms with Crippen molar-refractivity contribution in [3.63, 3.8) is 0 Å². The van der Waals surface area contributed by atoms with Crippen molar-refractivity contribution in [3.05, 3.63) is 52.2 Å². The summed E-state index contributed by atoms with van der Waals surface area (Å²) in [5.41, 5.74) is 8.33. The van der Waals surface area contributed by atoms with Gasteiger partial charge in [0, 0.05) is 23.2 Å². The van der Waals surface area contributed by atoms with Crippen LogP contribution in [0.1, 0.15) is 45.9 Å². The van der Waals surface area contributed by atoms with Crippen LogP contribution in [0.4, 0.5) is 18.9 Å². The zero-order valence-electron chi connectivity index (χ0n) is 17.5. The Morgan fingerprint density at radius 1 is 1.18 bits per heavy atom. The fourth-order valence-electron chi connectivity index (χ4n) is 4.01. The van der Waals surface area contributed by atoms with Gasteiger partial charge in [0.15, 0.2) is 5.95 Å². The van der Waals surface area contributed by atoms with Gasteiger partial charge < -0.3 is 20.1 Å². The molecule has 0 unspecified atom stereocenters. The Labute approximate surface area is 194 Å². The minimum atomic E-state index is -4.85. The third-order valence-corrected chi connectivity index (χ3v) is 6.71. The first-order valence-corrected chi connectivity index (χ1v) is 11.2. The van der Waals surface area contributed by atoms with E-state index < -0.39 is 29.5 Å². The van der Waals surface area contributed by atoms with Crippen molar-refractivity contribution in [2.24, 2.45) is 0 Å². The summed E-state index contributed by atoms with van der Waals surface area (Å²) in [6.07, 6.45) is 0.134. The number of nitrogens with zero attached hydrogens (tertiary/aromatic N) is 3. The van der Waals surface area contributed by atoms with Crippen LogP contribution in [0.5, 0.6) is 11.7 Å². The van der Waals surface area contributed by atoms with E-state index in [4.69, 9.17) is 10.7 Å². The third kappa shape index (κ3) is 4.04. The van der Waals surface area contributed by atoms with Gasteiger partial charge in [-0.25, -0.2) is 4.98 Å². The van der Waals surface area contributed by atoms with E-state index in [1.54, 1.807) is 0 Å². The molecule has 1 aliphatic rings. The first-order chi connectivity index (χ1) is 16.2. The van der Waals surface area contributed by atoms with Crippen LogP contribution in [0, 0.1) is 0 Å². The molecular weight excluding hydrogens is 473 g/mol. The molecular formula is C22H17F3N4O4S. The Balaban J connectivity index is 1.52. The summed E-state index contributed by atoms with van der Waals surface area (Å²) in [6.45, 7) is 0. The Hall–Kier alpha value is -3.67. The average molecular weight is 490 g/mol. The summed E-state index contributed by atoms with van der Waals surface area (Å²) in [4.78, 5) is 18.8. The molecule has 3 aromatic heterocycles. The summed E-state index contributed by atoms with van der Waals surface area (Å²) < 4.78 is 46.7. The summed E-state index contributed by atoms with van der Waals surface area (Å²) in [6, 6.07) is 6.46. The Bertz CT molecular complexity index is 1400. The molecule has 0 aliphatic heterocycles. The van der Waals surface area contributed by atoms with Crippen LogP contribution in [0.3, 0.4) is 0 Å². The minimum Gasteiger partial charge on any atom is -0.539 e. The number of benzene rings is 1. The second-order valence-electron chi connectivity index (χ2n) is 7.84. The largest absolute Gasteiger partial charge is 0.573 e. The molecule has 34 heavy (non-hydrogen) atoms. The van der Waals surface area contributed by atoms with Crippen molar-refractivity contribution in [2.45, 2.75) is 38.5 Å². The number of rotatable bonds is 4. The quantitative estimate of drug-likeness (QED) is 0.264. The molecule has 5 rings (SSSR count). The smallest absolute Gasteiger partial charge is 0.539 e. The SMILES string of the molecule is Nc1c(C(=O)c2c([O-])on[n+]2-c2ccc(OC(F)(F)F)cc2)sc2nc3c(cc12)CCCCC3. The molecule has 0 spiro atoms. The lowest BCUT2D eigenvalue weighted by Crippen LogP contribution is -2.39. The van der Waals surface area contributed by atoms with Crippen LogP contribution >= 0.6 is 11.3 Å². The maximum atomic E-state index is 13.4. The normalized spacial score (nSPS) is 14.1. The number of anilines is 1. The van der Waals surface area contributed by atoms with E-state index >= 15 is 0 Å². The van der Waals surface area contributed by atoms with Crippen molar-refractivity contribution in [2.75, 3.05) is 5.73 Å². The molecule has 8 nitrogen and oxygen atoms in total. The number of nitrogen functional groups attached to an aromatic ring is 1. The molecule has 3 heterocycles. The molecule has 0 saturated heterocycles. The lowest BCUT2D eigenvalue weighted by Gasteiger charge is -2.07. The van der Waals surface area contributed by atoms with E-state index in [1.807, 2.05) is 6.07 Å². The van der Waals surface area contributed by atoms with Crippen molar-refractivity contribution in [1.82, 2.24) is 10.3 Å². The van der Waals surface area contributed by atoms with E-state index in [9.17, 15) is 23.1 Å². The number of aryl methyl sites for hydroxylation is 2. The molecule has 176 valence electrons. The van der Waals surface area contributed by atoms with Crippen molar-refractivity contribution < 1.29 is 37.0 Å². The number of ketones is 1.